The summed E-state index contributed by atoms with van der Waals surface area (Å²) >= 11 is 0. The minimum atomic E-state index is 0.378. The highest BCUT2D eigenvalue weighted by Crippen LogP contribution is 2.40. The highest BCUT2D eigenvalue weighted by atomic mass is 16.3. The van der Waals surface area contributed by atoms with Crippen LogP contribution in [-0.2, 0) is 0 Å². The Morgan fingerprint density at radius 2 is 2.22 bits per heavy atom. The fourth-order valence-electron chi connectivity index (χ4n) is 3.61. The molecule has 2 aliphatic rings. The van der Waals surface area contributed by atoms with Crippen LogP contribution in [0.4, 0.5) is 5.82 Å². The molecular weight excluding hydrogens is 226 g/mol. The number of rotatable bonds is 1. The molecule has 0 amide bonds. The summed E-state index contributed by atoms with van der Waals surface area (Å²) in [6.45, 7) is 2.14. The van der Waals surface area contributed by atoms with E-state index in [0.29, 0.717) is 12.0 Å². The van der Waals surface area contributed by atoms with Crippen molar-refractivity contribution in [3.05, 3.63) is 24.6 Å². The first-order valence-electron chi connectivity index (χ1n) is 6.65. The van der Waals surface area contributed by atoms with E-state index in [2.05, 4.69) is 9.88 Å². The molecule has 3 heterocycles. The Labute approximate surface area is 106 Å². The van der Waals surface area contributed by atoms with Crippen molar-refractivity contribution < 1.29 is 4.42 Å². The SMILES string of the molecule is NC1CCC2CN(c3nccc4occc34)CC12. The molecule has 4 nitrogen and oxygen atoms in total. The lowest BCUT2D eigenvalue weighted by Crippen LogP contribution is -2.30. The average molecular weight is 243 g/mol. The lowest BCUT2D eigenvalue weighted by Gasteiger charge is -2.20. The molecule has 2 fully saturated rings. The molecule has 0 radical (unpaired) electrons. The van der Waals surface area contributed by atoms with Crippen molar-refractivity contribution in [1.82, 2.24) is 4.98 Å². The average Bonchev–Trinajstić information content (AvgIpc) is 3.06. The van der Waals surface area contributed by atoms with Gasteiger partial charge in [-0.05, 0) is 36.8 Å². The predicted molar refractivity (Wildman–Crippen MR) is 70.4 cm³/mol. The van der Waals surface area contributed by atoms with Crippen molar-refractivity contribution in [3.63, 3.8) is 0 Å². The maximum Gasteiger partial charge on any atom is 0.139 e. The molecule has 2 aromatic heterocycles. The van der Waals surface area contributed by atoms with Gasteiger partial charge in [0.1, 0.15) is 11.4 Å². The fraction of sp³-hybridized carbons (Fsp3) is 0.500. The molecule has 3 unspecified atom stereocenters. The van der Waals surface area contributed by atoms with Gasteiger partial charge >= 0.3 is 0 Å². The Balaban J connectivity index is 1.70. The third-order valence-electron chi connectivity index (χ3n) is 4.57. The topological polar surface area (TPSA) is 55.3 Å². The van der Waals surface area contributed by atoms with E-state index >= 15 is 0 Å². The van der Waals surface area contributed by atoms with Crippen molar-refractivity contribution in [2.45, 2.75) is 18.9 Å². The summed E-state index contributed by atoms with van der Waals surface area (Å²) in [6, 6.07) is 4.30. The quantitative estimate of drug-likeness (QED) is 0.832. The van der Waals surface area contributed by atoms with E-state index < -0.39 is 0 Å². The van der Waals surface area contributed by atoms with E-state index in [1.807, 2.05) is 18.3 Å². The lowest BCUT2D eigenvalue weighted by molar-refractivity contribution is 0.453. The van der Waals surface area contributed by atoms with Crippen LogP contribution >= 0.6 is 0 Å². The molecule has 1 aliphatic heterocycles. The summed E-state index contributed by atoms with van der Waals surface area (Å²) in [5, 5.41) is 1.12. The monoisotopic (exact) mass is 243 g/mol. The molecule has 4 rings (SSSR count). The normalized spacial score (nSPS) is 31.2. The van der Waals surface area contributed by atoms with Crippen LogP contribution in [0.1, 0.15) is 12.8 Å². The van der Waals surface area contributed by atoms with Crippen LogP contribution in [0.25, 0.3) is 11.0 Å². The van der Waals surface area contributed by atoms with E-state index in [4.69, 9.17) is 10.2 Å². The molecule has 1 saturated heterocycles. The summed E-state index contributed by atoms with van der Waals surface area (Å²) < 4.78 is 5.44. The molecule has 3 atom stereocenters. The van der Waals surface area contributed by atoms with Gasteiger partial charge in [-0.25, -0.2) is 4.98 Å². The third kappa shape index (κ3) is 1.38. The van der Waals surface area contributed by atoms with Gasteiger partial charge < -0.3 is 15.1 Å². The van der Waals surface area contributed by atoms with Gasteiger partial charge in [-0.15, -0.1) is 0 Å². The second kappa shape index (κ2) is 3.72. The molecule has 0 bridgehead atoms. The lowest BCUT2D eigenvalue weighted by atomic mass is 9.98. The Morgan fingerprint density at radius 1 is 1.28 bits per heavy atom. The standard InChI is InChI=1S/C14H17N3O/c15-12-2-1-9-7-17(8-11(9)12)14-10-4-6-18-13(10)3-5-16-14/h3-6,9,11-12H,1-2,7-8,15H2. The van der Waals surface area contributed by atoms with Crippen LogP contribution in [-0.4, -0.2) is 24.1 Å². The first kappa shape index (κ1) is 10.4. The van der Waals surface area contributed by atoms with Gasteiger partial charge in [-0.2, -0.15) is 0 Å². The Kier molecular flexibility index (Phi) is 2.14. The van der Waals surface area contributed by atoms with Crippen molar-refractivity contribution in [2.24, 2.45) is 17.6 Å². The molecule has 18 heavy (non-hydrogen) atoms. The van der Waals surface area contributed by atoms with E-state index in [9.17, 15) is 0 Å². The minimum Gasteiger partial charge on any atom is -0.464 e. The van der Waals surface area contributed by atoms with E-state index in [-0.39, 0.29) is 0 Å². The van der Waals surface area contributed by atoms with Crippen molar-refractivity contribution in [3.8, 4) is 0 Å². The van der Waals surface area contributed by atoms with Crippen molar-refractivity contribution in [1.29, 1.82) is 0 Å². The van der Waals surface area contributed by atoms with Crippen LogP contribution < -0.4 is 10.6 Å². The number of anilines is 1. The number of furan rings is 1. The summed E-state index contributed by atoms with van der Waals surface area (Å²) in [4.78, 5) is 6.92. The first-order chi connectivity index (χ1) is 8.83. The number of hydrogen-bond donors (Lipinski definition) is 1. The van der Waals surface area contributed by atoms with Gasteiger partial charge in [0.25, 0.3) is 0 Å². The fourth-order valence-corrected chi connectivity index (χ4v) is 3.61. The van der Waals surface area contributed by atoms with E-state index in [0.717, 1.165) is 35.8 Å². The minimum absolute atomic E-state index is 0.378. The number of nitrogens with two attached hydrogens (primary N) is 1. The Bertz CT molecular complexity index is 579. The zero-order valence-electron chi connectivity index (χ0n) is 10.2. The summed E-state index contributed by atoms with van der Waals surface area (Å²) in [6.07, 6.45) is 6.02. The number of pyridine rings is 1. The summed E-state index contributed by atoms with van der Waals surface area (Å²) in [5.74, 6) is 2.46. The van der Waals surface area contributed by atoms with Crippen molar-refractivity contribution >= 4 is 16.8 Å². The first-order valence-corrected chi connectivity index (χ1v) is 6.65. The molecular formula is C14H17N3O. The molecule has 94 valence electrons. The van der Waals surface area contributed by atoms with Gasteiger partial charge in [0, 0.05) is 25.3 Å². The Hall–Kier alpha value is -1.55. The van der Waals surface area contributed by atoms with Crippen LogP contribution in [0.15, 0.2) is 29.0 Å². The largest absolute Gasteiger partial charge is 0.464 e. The second-order valence-electron chi connectivity index (χ2n) is 5.54. The maximum atomic E-state index is 6.19. The highest BCUT2D eigenvalue weighted by molar-refractivity contribution is 5.88. The van der Waals surface area contributed by atoms with Crippen LogP contribution in [0.5, 0.6) is 0 Å². The van der Waals surface area contributed by atoms with Crippen LogP contribution in [0.3, 0.4) is 0 Å². The molecule has 2 aromatic rings. The molecule has 0 spiro atoms. The molecule has 1 saturated carbocycles. The van der Waals surface area contributed by atoms with Gasteiger partial charge in [0.2, 0.25) is 0 Å². The molecule has 4 heteroatoms. The molecule has 0 aromatic carbocycles. The van der Waals surface area contributed by atoms with Crippen molar-refractivity contribution in [2.75, 3.05) is 18.0 Å². The number of fused-ring (bicyclic) bond motifs is 2. The number of aromatic nitrogens is 1. The van der Waals surface area contributed by atoms with Crippen LogP contribution in [0.2, 0.25) is 0 Å². The van der Waals surface area contributed by atoms with Gasteiger partial charge in [-0.1, -0.05) is 0 Å². The summed E-state index contributed by atoms with van der Waals surface area (Å²) in [5.41, 5.74) is 7.11. The molecule has 2 N–H and O–H groups in total. The molecule has 1 aliphatic carbocycles. The van der Waals surface area contributed by atoms with Crippen LogP contribution in [0, 0.1) is 11.8 Å². The zero-order chi connectivity index (χ0) is 12.1. The second-order valence-corrected chi connectivity index (χ2v) is 5.54. The highest BCUT2D eigenvalue weighted by Gasteiger charge is 2.41. The summed E-state index contributed by atoms with van der Waals surface area (Å²) in [7, 11) is 0. The predicted octanol–water partition coefficient (Wildman–Crippen LogP) is 2.00. The van der Waals surface area contributed by atoms with Gasteiger partial charge in [0.15, 0.2) is 0 Å². The third-order valence-corrected chi connectivity index (χ3v) is 4.57. The number of nitrogens with zero attached hydrogens (tertiary/aromatic N) is 2. The van der Waals surface area contributed by atoms with Gasteiger partial charge in [0.05, 0.1) is 11.6 Å². The van der Waals surface area contributed by atoms with E-state index in [1.165, 1.54) is 12.8 Å². The Morgan fingerprint density at radius 3 is 3.11 bits per heavy atom. The zero-order valence-corrected chi connectivity index (χ0v) is 10.2. The smallest absolute Gasteiger partial charge is 0.139 e. The maximum absolute atomic E-state index is 6.19. The van der Waals surface area contributed by atoms with E-state index in [1.54, 1.807) is 6.26 Å². The number of hydrogen-bond acceptors (Lipinski definition) is 4. The van der Waals surface area contributed by atoms with Gasteiger partial charge in [-0.3, -0.25) is 0 Å².